The molecule has 0 radical (unpaired) electrons. The molecule has 1 saturated carbocycles. The summed E-state index contributed by atoms with van der Waals surface area (Å²) in [7, 11) is 0. The molecule has 1 amide bonds. The fourth-order valence-corrected chi connectivity index (χ4v) is 7.56. The van der Waals surface area contributed by atoms with E-state index in [1.165, 1.54) is 0 Å². The second-order valence-corrected chi connectivity index (χ2v) is 12.5. The minimum absolute atomic E-state index is 0.0416. The number of halogens is 7. The van der Waals surface area contributed by atoms with E-state index in [0.717, 1.165) is 11.6 Å². The summed E-state index contributed by atoms with van der Waals surface area (Å²) in [5, 5.41) is 21.9. The quantitative estimate of drug-likeness (QED) is 0.218. The van der Waals surface area contributed by atoms with Crippen molar-refractivity contribution in [3.05, 3.63) is 82.3 Å². The molecule has 44 heavy (non-hydrogen) atoms. The van der Waals surface area contributed by atoms with Gasteiger partial charge in [0.1, 0.15) is 18.0 Å². The van der Waals surface area contributed by atoms with Gasteiger partial charge in [0.25, 0.3) is 5.91 Å². The molecule has 6 rings (SSSR count). The zero-order valence-electron chi connectivity index (χ0n) is 23.6. The second kappa shape index (κ2) is 10.7. The number of carbonyl (C=O) groups excluding carboxylic acids is 1. The molecule has 12 heteroatoms. The van der Waals surface area contributed by atoms with Crippen LogP contribution in [0.25, 0.3) is 0 Å². The Kier molecular flexibility index (Phi) is 7.45. The van der Waals surface area contributed by atoms with Gasteiger partial charge in [-0.2, -0.15) is 26.3 Å². The number of aryl methyl sites for hydroxylation is 1. The zero-order valence-corrected chi connectivity index (χ0v) is 23.6. The van der Waals surface area contributed by atoms with Gasteiger partial charge < -0.3 is 19.8 Å². The van der Waals surface area contributed by atoms with Crippen LogP contribution in [0.5, 0.6) is 0 Å². The van der Waals surface area contributed by atoms with Crippen molar-refractivity contribution in [3.8, 4) is 0 Å². The lowest BCUT2D eigenvalue weighted by Crippen LogP contribution is -2.53. The first-order valence-electron chi connectivity index (χ1n) is 14.7. The Balaban J connectivity index is 1.31. The number of fused-ring (bicyclic) bond motifs is 3. The maximum Gasteiger partial charge on any atom is 0.435 e. The summed E-state index contributed by atoms with van der Waals surface area (Å²) in [4.78, 5) is 15.6. The summed E-state index contributed by atoms with van der Waals surface area (Å²) in [5.74, 6) is -0.698. The van der Waals surface area contributed by atoms with Gasteiger partial charge in [0, 0.05) is 30.0 Å². The number of alkyl halides is 7. The van der Waals surface area contributed by atoms with E-state index in [-0.39, 0.29) is 55.4 Å². The van der Waals surface area contributed by atoms with Crippen molar-refractivity contribution in [1.29, 1.82) is 0 Å². The highest BCUT2D eigenvalue weighted by atomic mass is 19.4. The molecular weight excluding hydrogens is 595 g/mol. The predicted octanol–water partition coefficient (Wildman–Crippen LogP) is 6.80. The summed E-state index contributed by atoms with van der Waals surface area (Å²) >= 11 is 0. The van der Waals surface area contributed by atoms with Gasteiger partial charge in [-0.3, -0.25) is 4.79 Å². The summed E-state index contributed by atoms with van der Waals surface area (Å²) in [5.41, 5.74) is -7.08. The Morgan fingerprint density at radius 3 is 2.18 bits per heavy atom. The first-order valence-corrected chi connectivity index (χ1v) is 14.7. The fraction of sp³-hybridized carbons (Fsp3) is 0.531. The minimum atomic E-state index is -6.21. The van der Waals surface area contributed by atoms with E-state index in [1.54, 1.807) is 4.90 Å². The number of aliphatic hydroxyl groups is 2. The highest BCUT2D eigenvalue weighted by Gasteiger charge is 2.73. The van der Waals surface area contributed by atoms with Crippen LogP contribution < -0.4 is 0 Å². The highest BCUT2D eigenvalue weighted by Crippen LogP contribution is 2.55. The molecule has 3 fully saturated rings. The van der Waals surface area contributed by atoms with Crippen molar-refractivity contribution in [3.63, 3.8) is 0 Å². The van der Waals surface area contributed by atoms with Crippen LogP contribution in [0, 0.1) is 11.8 Å². The number of likely N-dealkylation sites (tertiary alicyclic amines) is 1. The minimum Gasteiger partial charge on any atom is -0.508 e. The van der Waals surface area contributed by atoms with E-state index in [4.69, 9.17) is 4.74 Å². The van der Waals surface area contributed by atoms with Gasteiger partial charge in [-0.05, 0) is 67.6 Å². The second-order valence-electron chi connectivity index (χ2n) is 12.5. The molecule has 2 aliphatic heterocycles. The molecule has 1 unspecified atom stereocenters. The SMILES string of the molecule is O=C(N1CC(Cc2ccccc2)[C@H]2c3ccc(C(F)(C(F)(F)F)C(F)(F)F)cc3CC[C@H]21)C1(O)CCC(/C(O)=C2\CO2)CC1. The number of allylic oxidation sites excluding steroid dienone is 1. The van der Waals surface area contributed by atoms with Gasteiger partial charge in [-0.15, -0.1) is 0 Å². The van der Waals surface area contributed by atoms with E-state index < -0.39 is 47.1 Å². The molecule has 2 aromatic carbocycles. The highest BCUT2D eigenvalue weighted by molar-refractivity contribution is 5.86. The molecule has 2 saturated heterocycles. The third kappa shape index (κ3) is 5.12. The molecule has 5 nitrogen and oxygen atoms in total. The molecule has 2 aromatic rings. The van der Waals surface area contributed by atoms with Gasteiger partial charge >= 0.3 is 18.0 Å². The number of ether oxygens (including phenoxy) is 1. The van der Waals surface area contributed by atoms with Crippen LogP contribution in [0.1, 0.15) is 60.3 Å². The topological polar surface area (TPSA) is 73.3 Å². The lowest BCUT2D eigenvalue weighted by molar-refractivity contribution is -0.348. The lowest BCUT2D eigenvalue weighted by atomic mass is 9.72. The van der Waals surface area contributed by atoms with Crippen LogP contribution in [0.2, 0.25) is 0 Å². The molecule has 238 valence electrons. The van der Waals surface area contributed by atoms with Crippen molar-refractivity contribution in [1.82, 2.24) is 4.90 Å². The van der Waals surface area contributed by atoms with Crippen LogP contribution >= 0.6 is 0 Å². The number of hydrogen-bond donors (Lipinski definition) is 2. The summed E-state index contributed by atoms with van der Waals surface area (Å²) in [6, 6.07) is 11.3. The summed E-state index contributed by atoms with van der Waals surface area (Å²) < 4.78 is 101. The number of benzene rings is 2. The molecule has 4 aliphatic rings. The number of rotatable bonds is 5. The van der Waals surface area contributed by atoms with Gasteiger partial charge in [-0.1, -0.05) is 48.5 Å². The molecule has 3 atom stereocenters. The van der Waals surface area contributed by atoms with Crippen molar-refractivity contribution in [2.45, 2.75) is 80.5 Å². The average Bonchev–Trinajstić information content (AvgIpc) is 3.77. The summed E-state index contributed by atoms with van der Waals surface area (Å²) in [6.45, 7) is 0.601. The number of epoxide rings is 1. The molecule has 2 heterocycles. The van der Waals surface area contributed by atoms with E-state index in [9.17, 15) is 45.7 Å². The van der Waals surface area contributed by atoms with Gasteiger partial charge in [0.15, 0.2) is 5.76 Å². The van der Waals surface area contributed by atoms with Crippen LogP contribution in [-0.2, 0) is 28.0 Å². The number of nitrogens with zero attached hydrogens (tertiary/aromatic N) is 1. The third-order valence-electron chi connectivity index (χ3n) is 9.92. The van der Waals surface area contributed by atoms with Crippen molar-refractivity contribution >= 4 is 5.91 Å². The zero-order chi connectivity index (χ0) is 31.7. The van der Waals surface area contributed by atoms with Crippen molar-refractivity contribution in [2.75, 3.05) is 13.2 Å². The van der Waals surface area contributed by atoms with Crippen molar-refractivity contribution in [2.24, 2.45) is 11.8 Å². The largest absolute Gasteiger partial charge is 0.508 e. The predicted molar refractivity (Wildman–Crippen MR) is 144 cm³/mol. The van der Waals surface area contributed by atoms with E-state index in [0.29, 0.717) is 49.3 Å². The number of carbonyl (C=O) groups is 1. The summed E-state index contributed by atoms with van der Waals surface area (Å²) in [6.07, 6.45) is -10.7. The molecular formula is C32H32F7NO4. The molecule has 0 aromatic heterocycles. The smallest absolute Gasteiger partial charge is 0.435 e. The standard InChI is InChI=1S/C32H32F7NO4/c33-30(31(34,35)36,32(37,38)39)22-7-8-23-20(15-22)6-9-24-26(23)21(14-18-4-2-1-3-5-18)16-40(24)28(42)29(43)12-10-19(11-13-29)27(41)25-17-44-25/h1-5,7-8,15,19,21,24,26,41,43H,6,9-14,16-17H2/b27-25-/t19?,21?,24-,26+,29?/m1/s1. The van der Waals surface area contributed by atoms with E-state index in [1.807, 2.05) is 30.3 Å². The Bertz CT molecular complexity index is 1430. The molecule has 0 spiro atoms. The van der Waals surface area contributed by atoms with Crippen LogP contribution in [0.3, 0.4) is 0 Å². The molecule has 2 N–H and O–H groups in total. The Labute approximate surface area is 249 Å². The third-order valence-corrected chi connectivity index (χ3v) is 9.92. The Morgan fingerprint density at radius 1 is 0.955 bits per heavy atom. The number of hydrogen-bond acceptors (Lipinski definition) is 4. The maximum absolute atomic E-state index is 14.9. The average molecular weight is 628 g/mol. The van der Waals surface area contributed by atoms with E-state index >= 15 is 0 Å². The maximum atomic E-state index is 14.9. The van der Waals surface area contributed by atoms with Crippen LogP contribution in [-0.4, -0.2) is 58.2 Å². The molecule has 2 aliphatic carbocycles. The van der Waals surface area contributed by atoms with Crippen molar-refractivity contribution < 1.29 is 50.5 Å². The van der Waals surface area contributed by atoms with Crippen LogP contribution in [0.15, 0.2) is 60.0 Å². The fourth-order valence-electron chi connectivity index (χ4n) is 7.56. The number of aliphatic hydroxyl groups excluding tert-OH is 1. The lowest BCUT2D eigenvalue weighted by Gasteiger charge is -2.41. The first kappa shape index (κ1) is 30.7. The molecule has 0 bridgehead atoms. The Morgan fingerprint density at radius 2 is 1.59 bits per heavy atom. The number of amides is 1. The van der Waals surface area contributed by atoms with Crippen LogP contribution in [0.4, 0.5) is 30.7 Å². The van der Waals surface area contributed by atoms with Gasteiger partial charge in [0.2, 0.25) is 0 Å². The van der Waals surface area contributed by atoms with E-state index in [2.05, 4.69) is 0 Å². The monoisotopic (exact) mass is 627 g/mol. The Hall–Kier alpha value is -3.28. The van der Waals surface area contributed by atoms with Gasteiger partial charge in [-0.25, -0.2) is 4.39 Å². The van der Waals surface area contributed by atoms with Gasteiger partial charge in [0.05, 0.1) is 0 Å². The normalized spacial score (nSPS) is 29.9. The first-order chi connectivity index (χ1) is 20.6.